The van der Waals surface area contributed by atoms with Crippen molar-refractivity contribution in [1.82, 2.24) is 5.32 Å². The molecule has 0 bridgehead atoms. The fourth-order valence-corrected chi connectivity index (χ4v) is 12.1. The van der Waals surface area contributed by atoms with E-state index in [0.717, 1.165) is 38.5 Å². The molecule has 0 aromatic carbocycles. The molecule has 4 aliphatic rings. The number of amides is 1. The summed E-state index contributed by atoms with van der Waals surface area (Å²) in [6, 6.07) is -0.907. The van der Waals surface area contributed by atoms with E-state index in [9.17, 15) is 24.9 Å². The number of alkyl carbamates (subject to hydrolysis) is 1. The molecule has 4 rings (SSSR count). The normalized spacial score (nSPS) is 37.3. The Hall–Kier alpha value is -2.11. The van der Waals surface area contributed by atoms with E-state index in [1.165, 1.54) is 0 Å². The Morgan fingerprint density at radius 2 is 1.52 bits per heavy atom. The van der Waals surface area contributed by atoms with Crippen LogP contribution in [0, 0.1) is 45.3 Å². The molecule has 4 saturated carbocycles. The van der Waals surface area contributed by atoms with Crippen molar-refractivity contribution >= 4 is 18.0 Å². The first-order valence-electron chi connectivity index (χ1n) is 20.1. The standard InChI is InChI=1S/C41H74N4O7/c1-35(2,3)52-34(48)45-26(14-12-23-44-33(42)43)32(47)51-30-17-20-38(8)28(37(30,6)7)16-22-39(9)29(38)24-27(46)31-25(15-21-40(31,39)10)41(11,50)19-13-18-36(4,5)49/h25-31,46,49-50H,12-24H2,1-11H3,(H,45,48)(H4,42,43,44)/t25?,26-,27+,28?,29?,30-,31?,38-,39+,40+,41+/m0/s1. The van der Waals surface area contributed by atoms with Crippen molar-refractivity contribution in [2.45, 2.75) is 188 Å². The summed E-state index contributed by atoms with van der Waals surface area (Å²) < 4.78 is 11.8. The van der Waals surface area contributed by atoms with Crippen molar-refractivity contribution in [1.29, 1.82) is 0 Å². The van der Waals surface area contributed by atoms with Gasteiger partial charge in [0.05, 0.1) is 17.3 Å². The molecular weight excluding hydrogens is 660 g/mol. The summed E-state index contributed by atoms with van der Waals surface area (Å²) in [6.45, 7) is 23.0. The van der Waals surface area contributed by atoms with E-state index in [-0.39, 0.29) is 57.4 Å². The molecule has 0 radical (unpaired) electrons. The molecule has 52 heavy (non-hydrogen) atoms. The highest BCUT2D eigenvalue weighted by Crippen LogP contribution is 2.76. The number of aliphatic imine (C=N–C) groups is 1. The van der Waals surface area contributed by atoms with Crippen LogP contribution < -0.4 is 16.8 Å². The molecule has 0 aromatic heterocycles. The van der Waals surface area contributed by atoms with Crippen LogP contribution in [0.5, 0.6) is 0 Å². The predicted molar refractivity (Wildman–Crippen MR) is 204 cm³/mol. The highest BCUT2D eigenvalue weighted by molar-refractivity contribution is 5.81. The molecule has 300 valence electrons. The minimum atomic E-state index is -0.913. The fourth-order valence-electron chi connectivity index (χ4n) is 12.1. The predicted octanol–water partition coefficient (Wildman–Crippen LogP) is 6.19. The molecule has 4 fully saturated rings. The topological polar surface area (TPSA) is 190 Å². The van der Waals surface area contributed by atoms with Crippen molar-refractivity contribution in [2.24, 2.45) is 61.8 Å². The van der Waals surface area contributed by atoms with Gasteiger partial charge in [-0.15, -0.1) is 0 Å². The summed E-state index contributed by atoms with van der Waals surface area (Å²) in [7, 11) is 0. The Kier molecular flexibility index (Phi) is 12.2. The van der Waals surface area contributed by atoms with Crippen LogP contribution in [-0.2, 0) is 14.3 Å². The number of carbonyl (C=O) groups is 2. The lowest BCUT2D eigenvalue weighted by Gasteiger charge is -2.70. The maximum atomic E-state index is 13.8. The van der Waals surface area contributed by atoms with Gasteiger partial charge in [-0.2, -0.15) is 0 Å². The van der Waals surface area contributed by atoms with Crippen LogP contribution in [0.2, 0.25) is 0 Å². The lowest BCUT2D eigenvalue weighted by molar-refractivity contribution is -0.249. The minimum Gasteiger partial charge on any atom is -0.460 e. The largest absolute Gasteiger partial charge is 0.460 e. The number of nitrogens with one attached hydrogen (secondary N) is 1. The lowest BCUT2D eigenvalue weighted by atomic mass is 9.35. The fraction of sp³-hybridized carbons (Fsp3) is 0.927. The number of hydrogen-bond acceptors (Lipinski definition) is 8. The number of aliphatic hydroxyl groups excluding tert-OH is 1. The third kappa shape index (κ3) is 8.56. The average Bonchev–Trinajstić information content (AvgIpc) is 3.36. The molecule has 0 aliphatic heterocycles. The van der Waals surface area contributed by atoms with E-state index >= 15 is 0 Å². The number of esters is 1. The Labute approximate surface area is 313 Å². The molecular formula is C41H74N4O7. The van der Waals surface area contributed by atoms with Crippen molar-refractivity contribution in [3.63, 3.8) is 0 Å². The van der Waals surface area contributed by atoms with Gasteiger partial charge >= 0.3 is 12.1 Å². The number of carbonyl (C=O) groups excluding carboxylic acids is 2. The van der Waals surface area contributed by atoms with E-state index in [2.05, 4.69) is 44.9 Å². The Bertz CT molecular complexity index is 1320. The van der Waals surface area contributed by atoms with Gasteiger partial charge < -0.3 is 41.6 Å². The number of fused-ring (bicyclic) bond motifs is 5. The Morgan fingerprint density at radius 3 is 2.12 bits per heavy atom. The van der Waals surface area contributed by atoms with E-state index in [1.54, 1.807) is 20.8 Å². The quantitative estimate of drug-likeness (QED) is 0.0588. The Morgan fingerprint density at radius 1 is 0.885 bits per heavy atom. The van der Waals surface area contributed by atoms with Crippen LogP contribution in [0.3, 0.4) is 0 Å². The van der Waals surface area contributed by atoms with Gasteiger partial charge in [-0.3, -0.25) is 4.99 Å². The smallest absolute Gasteiger partial charge is 0.408 e. The second-order valence-electron chi connectivity index (χ2n) is 20.4. The number of ether oxygens (including phenoxy) is 2. The van der Waals surface area contributed by atoms with Gasteiger partial charge in [0.2, 0.25) is 0 Å². The summed E-state index contributed by atoms with van der Waals surface area (Å²) >= 11 is 0. The highest BCUT2D eigenvalue weighted by atomic mass is 16.6. The molecule has 8 N–H and O–H groups in total. The molecule has 0 saturated heterocycles. The zero-order chi connectivity index (χ0) is 39.3. The Balaban J connectivity index is 1.52. The zero-order valence-corrected chi connectivity index (χ0v) is 34.3. The summed E-state index contributed by atoms with van der Waals surface area (Å²) in [5.41, 5.74) is 8.03. The molecule has 0 aromatic rings. The third-order valence-electron chi connectivity index (χ3n) is 14.8. The van der Waals surface area contributed by atoms with Gasteiger partial charge in [0, 0.05) is 12.0 Å². The summed E-state index contributed by atoms with van der Waals surface area (Å²) in [6.07, 6.45) is 7.39. The maximum absolute atomic E-state index is 13.8. The van der Waals surface area contributed by atoms with Gasteiger partial charge in [0.15, 0.2) is 5.96 Å². The first-order valence-corrected chi connectivity index (χ1v) is 20.1. The maximum Gasteiger partial charge on any atom is 0.408 e. The summed E-state index contributed by atoms with van der Waals surface area (Å²) in [5, 5.41) is 37.1. The van der Waals surface area contributed by atoms with Crippen molar-refractivity contribution < 1.29 is 34.4 Å². The zero-order valence-electron chi connectivity index (χ0n) is 34.3. The molecule has 11 nitrogen and oxygen atoms in total. The SMILES string of the molecule is CC(C)(O)CCC[C@@](C)(O)C1CC[C@]2(C)C1[C@H](O)CC1[C@@]3(C)CC[C@H](OC(=O)[C@H](CCCN=C(N)N)NC(=O)OC(C)(C)C)C(C)(C)C3CC[C@]12C. The molecule has 4 aliphatic carbocycles. The van der Waals surface area contributed by atoms with Crippen LogP contribution in [0.4, 0.5) is 4.79 Å². The molecule has 0 heterocycles. The number of hydrogen-bond donors (Lipinski definition) is 6. The van der Waals surface area contributed by atoms with Gasteiger partial charge in [-0.05, 0) is 159 Å². The van der Waals surface area contributed by atoms with Gasteiger partial charge in [-0.1, -0.05) is 34.6 Å². The van der Waals surface area contributed by atoms with Gasteiger partial charge in [0.1, 0.15) is 17.7 Å². The van der Waals surface area contributed by atoms with Gasteiger partial charge in [-0.25, -0.2) is 9.59 Å². The molecule has 11 atom stereocenters. The summed E-state index contributed by atoms with van der Waals surface area (Å²) in [4.78, 5) is 30.6. The van der Waals surface area contributed by atoms with Crippen LogP contribution in [0.1, 0.15) is 153 Å². The number of nitrogens with zero attached hydrogens (tertiary/aromatic N) is 1. The van der Waals surface area contributed by atoms with E-state index < -0.39 is 41.0 Å². The molecule has 0 spiro atoms. The van der Waals surface area contributed by atoms with Crippen LogP contribution in [0.15, 0.2) is 4.99 Å². The lowest BCUT2D eigenvalue weighted by Crippen LogP contribution is -2.67. The first kappa shape index (κ1) is 42.6. The second kappa shape index (κ2) is 14.9. The third-order valence-corrected chi connectivity index (χ3v) is 14.8. The number of aliphatic hydroxyl groups is 3. The van der Waals surface area contributed by atoms with Gasteiger partial charge in [0.25, 0.3) is 0 Å². The van der Waals surface area contributed by atoms with E-state index in [4.69, 9.17) is 20.9 Å². The van der Waals surface area contributed by atoms with Crippen LogP contribution in [0.25, 0.3) is 0 Å². The van der Waals surface area contributed by atoms with Crippen LogP contribution >= 0.6 is 0 Å². The number of nitrogens with two attached hydrogens (primary N) is 2. The first-order chi connectivity index (χ1) is 23.7. The van der Waals surface area contributed by atoms with Crippen molar-refractivity contribution in [3.8, 4) is 0 Å². The minimum absolute atomic E-state index is 0.00546. The average molecular weight is 735 g/mol. The van der Waals surface area contributed by atoms with E-state index in [1.807, 2.05) is 20.8 Å². The molecule has 4 unspecified atom stereocenters. The summed E-state index contributed by atoms with van der Waals surface area (Å²) in [5.74, 6) is 0.0552. The molecule has 1 amide bonds. The monoisotopic (exact) mass is 735 g/mol. The van der Waals surface area contributed by atoms with Crippen molar-refractivity contribution in [3.05, 3.63) is 0 Å². The number of rotatable bonds is 12. The van der Waals surface area contributed by atoms with Crippen LogP contribution in [-0.4, -0.2) is 74.9 Å². The highest BCUT2D eigenvalue weighted by Gasteiger charge is 2.71. The second-order valence-corrected chi connectivity index (χ2v) is 20.4. The van der Waals surface area contributed by atoms with Crippen molar-refractivity contribution in [2.75, 3.05) is 6.54 Å². The number of guanidine groups is 1. The molecule has 11 heteroatoms. The van der Waals surface area contributed by atoms with E-state index in [0.29, 0.717) is 45.1 Å².